The van der Waals surface area contributed by atoms with E-state index >= 15 is 0 Å². The van der Waals surface area contributed by atoms with E-state index < -0.39 is 0 Å². The number of oxime groups is 1. The van der Waals surface area contributed by atoms with E-state index in [1.165, 1.54) is 6.42 Å². The number of nitrogens with zero attached hydrogens (tertiary/aromatic N) is 1. The van der Waals surface area contributed by atoms with Crippen LogP contribution in [0.2, 0.25) is 0 Å². The molecule has 0 aromatic heterocycles. The van der Waals surface area contributed by atoms with E-state index in [9.17, 15) is 4.79 Å². The fourth-order valence-electron chi connectivity index (χ4n) is 2.17. The Morgan fingerprint density at radius 1 is 1.44 bits per heavy atom. The number of nitrogens with one attached hydrogen (secondary N) is 1. The van der Waals surface area contributed by atoms with Crippen LogP contribution in [0.25, 0.3) is 0 Å². The maximum atomic E-state index is 11.7. The number of ether oxygens (including phenoxy) is 1. The van der Waals surface area contributed by atoms with Crippen molar-refractivity contribution in [1.29, 1.82) is 0 Å². The van der Waals surface area contributed by atoms with Gasteiger partial charge in [0, 0.05) is 26.1 Å². The van der Waals surface area contributed by atoms with Gasteiger partial charge in [-0.1, -0.05) is 5.16 Å². The van der Waals surface area contributed by atoms with E-state index in [0.29, 0.717) is 25.2 Å². The first-order valence-corrected chi connectivity index (χ1v) is 6.62. The molecular formula is C12H21N3O3. The lowest BCUT2D eigenvalue weighted by Gasteiger charge is -2.22. The van der Waals surface area contributed by atoms with Gasteiger partial charge in [0.2, 0.25) is 0 Å². The second-order valence-electron chi connectivity index (χ2n) is 4.74. The minimum Gasteiger partial charge on any atom is -0.390 e. The highest BCUT2D eigenvalue weighted by Gasteiger charge is 2.24. The molecule has 2 atom stereocenters. The minimum absolute atomic E-state index is 0.146. The van der Waals surface area contributed by atoms with Gasteiger partial charge in [0.15, 0.2) is 0 Å². The predicted octanol–water partition coefficient (Wildman–Crippen LogP) is 0.165. The lowest BCUT2D eigenvalue weighted by molar-refractivity contribution is -0.115. The van der Waals surface area contributed by atoms with Crippen LogP contribution < -0.4 is 11.1 Å². The zero-order chi connectivity index (χ0) is 12.8. The van der Waals surface area contributed by atoms with Crippen LogP contribution in [0.15, 0.2) is 5.16 Å². The van der Waals surface area contributed by atoms with E-state index in [4.69, 9.17) is 15.3 Å². The lowest BCUT2D eigenvalue weighted by atomic mass is 10.1. The molecule has 0 aromatic rings. The van der Waals surface area contributed by atoms with Crippen LogP contribution in [0.1, 0.15) is 32.1 Å². The van der Waals surface area contributed by atoms with E-state index in [1.807, 2.05) is 0 Å². The average molecular weight is 255 g/mol. The van der Waals surface area contributed by atoms with Gasteiger partial charge in [0.05, 0.1) is 6.10 Å². The molecule has 2 unspecified atom stereocenters. The van der Waals surface area contributed by atoms with Crippen LogP contribution in [0.4, 0.5) is 0 Å². The Bertz CT molecular complexity index is 314. The number of carbonyl (C=O) groups excluding carboxylic acids is 1. The summed E-state index contributed by atoms with van der Waals surface area (Å²) in [4.78, 5) is 16.8. The molecule has 0 aromatic carbocycles. The van der Waals surface area contributed by atoms with Crippen LogP contribution in [-0.4, -0.2) is 43.5 Å². The molecule has 2 aliphatic rings. The fraction of sp³-hybridized carbons (Fsp3) is 0.833. The Kier molecular flexibility index (Phi) is 4.95. The zero-order valence-electron chi connectivity index (χ0n) is 10.6. The molecule has 1 saturated heterocycles. The van der Waals surface area contributed by atoms with Crippen molar-refractivity contribution < 1.29 is 14.4 Å². The standard InChI is InChI=1S/C12H21N3O3/c13-8-10-7-11(15-18-10)12(16)14-5-4-9-3-1-2-6-17-9/h9-10H,1-8,13H2,(H,14,16). The summed E-state index contributed by atoms with van der Waals surface area (Å²) in [5.41, 5.74) is 5.89. The maximum absolute atomic E-state index is 11.7. The van der Waals surface area contributed by atoms with Gasteiger partial charge >= 0.3 is 0 Å². The van der Waals surface area contributed by atoms with Crippen LogP contribution in [0.3, 0.4) is 0 Å². The highest BCUT2D eigenvalue weighted by molar-refractivity contribution is 6.39. The summed E-state index contributed by atoms with van der Waals surface area (Å²) in [6.07, 6.45) is 4.97. The van der Waals surface area contributed by atoms with Gasteiger partial charge in [-0.05, 0) is 25.7 Å². The largest absolute Gasteiger partial charge is 0.390 e. The number of carbonyl (C=O) groups is 1. The topological polar surface area (TPSA) is 85.9 Å². The second-order valence-corrected chi connectivity index (χ2v) is 4.74. The summed E-state index contributed by atoms with van der Waals surface area (Å²) in [5.74, 6) is -0.151. The van der Waals surface area contributed by atoms with Crippen molar-refractivity contribution in [3.05, 3.63) is 0 Å². The number of hydrogen-bond donors (Lipinski definition) is 2. The smallest absolute Gasteiger partial charge is 0.269 e. The molecule has 1 fully saturated rings. The Morgan fingerprint density at radius 3 is 3.00 bits per heavy atom. The normalized spacial score (nSPS) is 27.5. The van der Waals surface area contributed by atoms with Gasteiger partial charge in [0.25, 0.3) is 5.91 Å². The molecule has 6 nitrogen and oxygen atoms in total. The van der Waals surface area contributed by atoms with Crippen molar-refractivity contribution in [3.63, 3.8) is 0 Å². The van der Waals surface area contributed by atoms with E-state index in [2.05, 4.69) is 10.5 Å². The third-order valence-corrected chi connectivity index (χ3v) is 3.28. The SMILES string of the molecule is NCC1CC(C(=O)NCCC2CCCCO2)=NO1. The zero-order valence-corrected chi connectivity index (χ0v) is 10.6. The van der Waals surface area contributed by atoms with Gasteiger partial charge in [-0.15, -0.1) is 0 Å². The van der Waals surface area contributed by atoms with Crippen molar-refractivity contribution in [1.82, 2.24) is 5.32 Å². The molecule has 3 N–H and O–H groups in total. The average Bonchev–Trinajstić information content (AvgIpc) is 2.89. The summed E-state index contributed by atoms with van der Waals surface area (Å²) >= 11 is 0. The Balaban J connectivity index is 1.63. The first kappa shape index (κ1) is 13.3. The minimum atomic E-state index is -0.151. The molecule has 0 bridgehead atoms. The van der Waals surface area contributed by atoms with Crippen molar-refractivity contribution in [3.8, 4) is 0 Å². The summed E-state index contributed by atoms with van der Waals surface area (Å²) < 4.78 is 5.60. The molecule has 102 valence electrons. The van der Waals surface area contributed by atoms with Crippen molar-refractivity contribution >= 4 is 11.6 Å². The first-order valence-electron chi connectivity index (χ1n) is 6.62. The molecule has 1 amide bonds. The molecule has 2 heterocycles. The molecule has 0 spiro atoms. The third kappa shape index (κ3) is 3.68. The van der Waals surface area contributed by atoms with Gasteiger partial charge in [-0.2, -0.15) is 0 Å². The quantitative estimate of drug-likeness (QED) is 0.733. The molecule has 2 aliphatic heterocycles. The van der Waals surface area contributed by atoms with Crippen LogP contribution in [-0.2, 0) is 14.4 Å². The third-order valence-electron chi connectivity index (χ3n) is 3.28. The van der Waals surface area contributed by atoms with E-state index in [1.54, 1.807) is 0 Å². The molecule has 0 aliphatic carbocycles. The molecule has 2 rings (SSSR count). The Labute approximate surface area is 107 Å². The second kappa shape index (κ2) is 6.70. The van der Waals surface area contributed by atoms with Gasteiger partial charge in [0.1, 0.15) is 11.8 Å². The van der Waals surface area contributed by atoms with Crippen LogP contribution in [0.5, 0.6) is 0 Å². The van der Waals surface area contributed by atoms with Crippen molar-refractivity contribution in [2.24, 2.45) is 10.9 Å². The Hall–Kier alpha value is -1.14. The Morgan fingerprint density at radius 2 is 2.33 bits per heavy atom. The predicted molar refractivity (Wildman–Crippen MR) is 67.2 cm³/mol. The number of rotatable bonds is 5. The first-order chi connectivity index (χ1) is 8.79. The molecular weight excluding hydrogens is 234 g/mol. The molecule has 0 radical (unpaired) electrons. The summed E-state index contributed by atoms with van der Waals surface area (Å²) in [6.45, 7) is 1.85. The lowest BCUT2D eigenvalue weighted by Crippen LogP contribution is -2.34. The fourth-order valence-corrected chi connectivity index (χ4v) is 2.17. The summed E-state index contributed by atoms with van der Waals surface area (Å²) in [5, 5.41) is 6.59. The number of hydrogen-bond acceptors (Lipinski definition) is 5. The monoisotopic (exact) mass is 255 g/mol. The molecule has 0 saturated carbocycles. The molecule has 6 heteroatoms. The number of amides is 1. The van der Waals surface area contributed by atoms with Crippen molar-refractivity contribution in [2.75, 3.05) is 19.7 Å². The van der Waals surface area contributed by atoms with E-state index in [0.717, 1.165) is 25.9 Å². The maximum Gasteiger partial charge on any atom is 0.269 e. The van der Waals surface area contributed by atoms with Gasteiger partial charge in [-0.25, -0.2) is 0 Å². The van der Waals surface area contributed by atoms with Gasteiger partial charge < -0.3 is 20.6 Å². The highest BCUT2D eigenvalue weighted by atomic mass is 16.6. The summed E-state index contributed by atoms with van der Waals surface area (Å²) in [7, 11) is 0. The van der Waals surface area contributed by atoms with Gasteiger partial charge in [-0.3, -0.25) is 4.79 Å². The van der Waals surface area contributed by atoms with E-state index in [-0.39, 0.29) is 18.1 Å². The van der Waals surface area contributed by atoms with Crippen LogP contribution in [0, 0.1) is 0 Å². The molecule has 18 heavy (non-hydrogen) atoms. The van der Waals surface area contributed by atoms with Crippen LogP contribution >= 0.6 is 0 Å². The summed E-state index contributed by atoms with van der Waals surface area (Å²) in [6, 6.07) is 0. The highest BCUT2D eigenvalue weighted by Crippen LogP contribution is 2.15. The van der Waals surface area contributed by atoms with Crippen molar-refractivity contribution in [2.45, 2.75) is 44.3 Å². The number of nitrogens with two attached hydrogens (primary N) is 1.